The van der Waals surface area contributed by atoms with Gasteiger partial charge in [-0.1, -0.05) is 38.1 Å². The van der Waals surface area contributed by atoms with Gasteiger partial charge in [0.15, 0.2) is 0 Å². The first-order chi connectivity index (χ1) is 19.3. The van der Waals surface area contributed by atoms with E-state index in [2.05, 4.69) is 64.5 Å². The normalized spacial score (nSPS) is 12.1. The largest absolute Gasteiger partial charge is 0.490 e. The van der Waals surface area contributed by atoms with Crippen molar-refractivity contribution < 1.29 is 19.4 Å². The average molecular weight is 650 g/mol. The molecule has 1 heterocycles. The molecule has 0 aliphatic rings. The molecule has 4 N–H and O–H groups in total. The zero-order chi connectivity index (χ0) is 28.2. The summed E-state index contributed by atoms with van der Waals surface area (Å²) < 4.78 is 13.1. The van der Waals surface area contributed by atoms with Crippen LogP contribution >= 0.6 is 22.6 Å². The molecule has 206 valence electrons. The zero-order valence-electron chi connectivity index (χ0n) is 22.4. The van der Waals surface area contributed by atoms with E-state index in [4.69, 9.17) is 15.2 Å². The topological polar surface area (TPSA) is 101 Å². The number of aliphatic hydroxyl groups excluding tert-OH is 1. The Kier molecular flexibility index (Phi) is 8.46. The lowest BCUT2D eigenvalue weighted by Gasteiger charge is -2.29. The number of nitrogens with one attached hydrogen (secondary N) is 1. The number of amides is 1. The Balaban J connectivity index is 1.28. The van der Waals surface area contributed by atoms with Crippen molar-refractivity contribution >= 4 is 56.0 Å². The molecule has 0 unspecified atom stereocenters. The molecule has 5 aromatic rings. The molecule has 0 bridgehead atoms. The molecule has 0 spiro atoms. The Morgan fingerprint density at radius 2 is 1.70 bits per heavy atom. The van der Waals surface area contributed by atoms with Gasteiger partial charge in [0.05, 0.1) is 9.09 Å². The van der Waals surface area contributed by atoms with Crippen molar-refractivity contribution in [2.75, 3.05) is 24.6 Å². The van der Waals surface area contributed by atoms with E-state index in [0.717, 1.165) is 43.4 Å². The minimum absolute atomic E-state index is 0.173. The number of hydrogen-bond acceptors (Lipinski definition) is 5. The highest BCUT2D eigenvalue weighted by Gasteiger charge is 2.18. The predicted molar refractivity (Wildman–Crippen MR) is 169 cm³/mol. The fraction of sp³-hybridized carbons (Fsp3) is 0.219. The number of halogens is 1. The van der Waals surface area contributed by atoms with E-state index in [1.54, 1.807) is 24.3 Å². The Bertz CT molecular complexity index is 1630. The molecular formula is C32H32IN3O4. The van der Waals surface area contributed by atoms with Gasteiger partial charge in [-0.25, -0.2) is 0 Å². The molecule has 0 aliphatic carbocycles. The van der Waals surface area contributed by atoms with E-state index in [0.29, 0.717) is 29.5 Å². The summed E-state index contributed by atoms with van der Waals surface area (Å²) >= 11 is 2.25. The molecule has 0 saturated heterocycles. The third-order valence-corrected chi connectivity index (χ3v) is 7.43. The summed E-state index contributed by atoms with van der Waals surface area (Å²) in [6.45, 7) is 5.69. The number of carbonyl (C=O) groups is 1. The first-order valence-corrected chi connectivity index (χ1v) is 14.3. The smallest absolute Gasteiger partial charge is 0.248 e. The fourth-order valence-electron chi connectivity index (χ4n) is 4.79. The van der Waals surface area contributed by atoms with Crippen LogP contribution in [-0.2, 0) is 0 Å². The van der Waals surface area contributed by atoms with Crippen LogP contribution in [0.15, 0.2) is 84.9 Å². The second-order valence-electron chi connectivity index (χ2n) is 10.2. The van der Waals surface area contributed by atoms with E-state index in [1.807, 2.05) is 42.5 Å². The number of nitrogens with zero attached hydrogens (tertiary/aromatic N) is 1. The lowest BCUT2D eigenvalue weighted by Crippen LogP contribution is -2.38. The first kappa shape index (κ1) is 27.8. The van der Waals surface area contributed by atoms with Crippen LogP contribution in [0, 0.1) is 9.49 Å². The highest BCUT2D eigenvalue weighted by atomic mass is 127. The summed E-state index contributed by atoms with van der Waals surface area (Å²) in [5, 5.41) is 13.2. The van der Waals surface area contributed by atoms with Crippen LogP contribution in [-0.4, -0.2) is 41.8 Å². The van der Waals surface area contributed by atoms with Gasteiger partial charge >= 0.3 is 0 Å². The highest BCUT2D eigenvalue weighted by Crippen LogP contribution is 2.34. The number of rotatable bonds is 11. The van der Waals surface area contributed by atoms with Gasteiger partial charge in [-0.3, -0.25) is 4.79 Å². The van der Waals surface area contributed by atoms with Gasteiger partial charge in [0.1, 0.15) is 30.0 Å². The van der Waals surface area contributed by atoms with E-state index in [-0.39, 0.29) is 6.61 Å². The number of primary amides is 1. The van der Waals surface area contributed by atoms with Crippen molar-refractivity contribution in [2.45, 2.75) is 20.0 Å². The van der Waals surface area contributed by atoms with E-state index < -0.39 is 12.0 Å². The molecule has 1 atom stereocenters. The number of aromatic amines is 1. The number of anilines is 1. The number of carbonyl (C=O) groups excluding carboxylic acids is 1. The minimum atomic E-state index is -0.698. The number of benzene rings is 4. The minimum Gasteiger partial charge on any atom is -0.490 e. The number of nitrogens with two attached hydrogens (primary N) is 1. The van der Waals surface area contributed by atoms with Gasteiger partial charge in [-0.05, 0) is 89.2 Å². The number of aromatic nitrogens is 1. The standard InChI is InChI=1S/C32H32IN3O4/c1-20(2)17-36(22-12-15-29(26(33)16-22)40-24-13-10-21(11-14-24)32(34)38)18-23(37)19-39-30-9-5-8-28-31(30)25-6-3-4-7-27(25)35-28/h3-16,20,23,35,37H,17-19H2,1-2H3,(H2,34,38)/t23-/m0/s1. The molecule has 1 aromatic heterocycles. The van der Waals surface area contributed by atoms with Crippen LogP contribution in [0.5, 0.6) is 17.2 Å². The summed E-state index contributed by atoms with van der Waals surface area (Å²) in [5.41, 5.74) is 8.82. The van der Waals surface area contributed by atoms with E-state index in [9.17, 15) is 9.90 Å². The van der Waals surface area contributed by atoms with Crippen molar-refractivity contribution in [3.63, 3.8) is 0 Å². The van der Waals surface area contributed by atoms with Crippen LogP contribution in [0.3, 0.4) is 0 Å². The predicted octanol–water partition coefficient (Wildman–Crippen LogP) is 6.72. The van der Waals surface area contributed by atoms with Gasteiger partial charge in [0, 0.05) is 40.6 Å². The number of H-pyrrole nitrogens is 1. The molecule has 0 radical (unpaired) electrons. The van der Waals surface area contributed by atoms with Crippen molar-refractivity contribution in [2.24, 2.45) is 11.7 Å². The molecule has 1 amide bonds. The Hall–Kier alpha value is -3.76. The van der Waals surface area contributed by atoms with Crippen LogP contribution in [0.25, 0.3) is 21.8 Å². The number of fused-ring (bicyclic) bond motifs is 3. The van der Waals surface area contributed by atoms with Crippen molar-refractivity contribution in [1.29, 1.82) is 0 Å². The van der Waals surface area contributed by atoms with Crippen molar-refractivity contribution in [3.05, 3.63) is 94.1 Å². The number of ether oxygens (including phenoxy) is 2. The molecule has 7 nitrogen and oxygen atoms in total. The summed E-state index contributed by atoms with van der Waals surface area (Å²) in [6, 6.07) is 26.8. The third kappa shape index (κ3) is 6.34. The van der Waals surface area contributed by atoms with Crippen LogP contribution in [0.4, 0.5) is 5.69 Å². The molecular weight excluding hydrogens is 617 g/mol. The quantitative estimate of drug-likeness (QED) is 0.138. The van der Waals surface area contributed by atoms with Gasteiger partial charge in [-0.2, -0.15) is 0 Å². The van der Waals surface area contributed by atoms with Gasteiger partial charge in [0.2, 0.25) is 5.91 Å². The van der Waals surface area contributed by atoms with Crippen molar-refractivity contribution in [1.82, 2.24) is 4.98 Å². The number of hydrogen-bond donors (Lipinski definition) is 3. The Labute approximate surface area is 247 Å². The zero-order valence-corrected chi connectivity index (χ0v) is 24.6. The molecule has 4 aromatic carbocycles. The molecule has 5 rings (SSSR count). The second-order valence-corrected chi connectivity index (χ2v) is 11.4. The van der Waals surface area contributed by atoms with Crippen LogP contribution in [0.2, 0.25) is 0 Å². The second kappa shape index (κ2) is 12.2. The summed E-state index contributed by atoms with van der Waals surface area (Å²) in [6.07, 6.45) is -0.698. The molecule has 0 saturated carbocycles. The van der Waals surface area contributed by atoms with Crippen LogP contribution < -0.4 is 20.1 Å². The fourth-order valence-corrected chi connectivity index (χ4v) is 5.40. The van der Waals surface area contributed by atoms with Gasteiger partial charge in [0.25, 0.3) is 0 Å². The van der Waals surface area contributed by atoms with Crippen molar-refractivity contribution in [3.8, 4) is 17.2 Å². The molecule has 0 aliphatic heterocycles. The summed E-state index contributed by atoms with van der Waals surface area (Å²) in [4.78, 5) is 16.9. The van der Waals surface area contributed by atoms with Crippen LogP contribution in [0.1, 0.15) is 24.2 Å². The van der Waals surface area contributed by atoms with Gasteiger partial charge < -0.3 is 30.2 Å². The maximum absolute atomic E-state index is 11.3. The lowest BCUT2D eigenvalue weighted by atomic mass is 10.1. The average Bonchev–Trinajstić information content (AvgIpc) is 3.32. The molecule has 0 fully saturated rings. The monoisotopic (exact) mass is 649 g/mol. The van der Waals surface area contributed by atoms with E-state index in [1.165, 1.54) is 0 Å². The maximum atomic E-state index is 11.3. The van der Waals surface area contributed by atoms with Gasteiger partial charge in [-0.15, -0.1) is 0 Å². The third-order valence-electron chi connectivity index (χ3n) is 6.59. The summed E-state index contributed by atoms with van der Waals surface area (Å²) in [5.74, 6) is 2.00. The lowest BCUT2D eigenvalue weighted by molar-refractivity contribution is 0.1000. The van der Waals surface area contributed by atoms with E-state index >= 15 is 0 Å². The Morgan fingerprint density at radius 3 is 2.42 bits per heavy atom. The molecule has 8 heteroatoms. The summed E-state index contributed by atoms with van der Waals surface area (Å²) in [7, 11) is 0. The highest BCUT2D eigenvalue weighted by molar-refractivity contribution is 14.1. The molecule has 40 heavy (non-hydrogen) atoms. The number of para-hydroxylation sites is 1. The maximum Gasteiger partial charge on any atom is 0.248 e. The first-order valence-electron chi connectivity index (χ1n) is 13.2. The number of aliphatic hydroxyl groups is 1. The Morgan fingerprint density at radius 1 is 0.950 bits per heavy atom. The SMILES string of the molecule is CC(C)CN(C[C@H](O)COc1cccc2[nH]c3ccccc3c12)c1ccc(Oc2ccc(C(N)=O)cc2)c(I)c1.